The summed E-state index contributed by atoms with van der Waals surface area (Å²) in [6.45, 7) is 9.19. The molecular formula is C17H25N. The van der Waals surface area contributed by atoms with Crippen LogP contribution in [0.5, 0.6) is 0 Å². The third kappa shape index (κ3) is 2.60. The number of fused-ring (bicyclic) bond motifs is 1. The van der Waals surface area contributed by atoms with E-state index in [4.69, 9.17) is 0 Å². The molecule has 1 heteroatoms. The Labute approximate surface area is 111 Å². The molecule has 0 aliphatic rings. The fourth-order valence-electron chi connectivity index (χ4n) is 2.79. The second-order valence-electron chi connectivity index (χ2n) is 6.23. The zero-order valence-electron chi connectivity index (χ0n) is 12.1. The summed E-state index contributed by atoms with van der Waals surface area (Å²) in [4.78, 5) is 3.63. The van der Waals surface area contributed by atoms with Crippen LogP contribution in [0.4, 0.5) is 0 Å². The van der Waals surface area contributed by atoms with Gasteiger partial charge in [0.2, 0.25) is 0 Å². The first kappa shape index (κ1) is 13.2. The van der Waals surface area contributed by atoms with E-state index in [1.807, 2.05) is 0 Å². The summed E-state index contributed by atoms with van der Waals surface area (Å²) in [6.07, 6.45) is 5.06. The first-order chi connectivity index (χ1) is 8.54. The highest BCUT2D eigenvalue weighted by molar-refractivity contribution is 5.85. The summed E-state index contributed by atoms with van der Waals surface area (Å²) >= 11 is 0. The summed E-state index contributed by atoms with van der Waals surface area (Å²) in [5, 5.41) is 1.40. The van der Waals surface area contributed by atoms with Crippen molar-refractivity contribution in [3.63, 3.8) is 0 Å². The maximum atomic E-state index is 3.63. The highest BCUT2D eigenvalue weighted by Gasteiger charge is 2.22. The molecule has 0 amide bonds. The average molecular weight is 243 g/mol. The Morgan fingerprint density at radius 1 is 1.06 bits per heavy atom. The standard InChI is InChI=1S/C17H25N/c1-5-6-7-12-15-16(17(2,3)4)13-10-8-9-11-14(13)18-15/h8-11,18H,5-7,12H2,1-4H3. The molecule has 0 radical (unpaired) electrons. The Morgan fingerprint density at radius 3 is 2.44 bits per heavy atom. The van der Waals surface area contributed by atoms with E-state index in [1.165, 1.54) is 47.8 Å². The van der Waals surface area contributed by atoms with Crippen LogP contribution < -0.4 is 0 Å². The van der Waals surface area contributed by atoms with Gasteiger partial charge in [0.1, 0.15) is 0 Å². The summed E-state index contributed by atoms with van der Waals surface area (Å²) in [5.74, 6) is 0. The largest absolute Gasteiger partial charge is 0.358 e. The SMILES string of the molecule is CCCCCc1[nH]c2ccccc2c1C(C)(C)C. The van der Waals surface area contributed by atoms with Gasteiger partial charge >= 0.3 is 0 Å². The van der Waals surface area contributed by atoms with Gasteiger partial charge in [0.05, 0.1) is 0 Å². The van der Waals surface area contributed by atoms with E-state index in [-0.39, 0.29) is 5.41 Å². The molecule has 0 aliphatic carbocycles. The number of nitrogens with one attached hydrogen (secondary N) is 1. The van der Waals surface area contributed by atoms with Gasteiger partial charge in [-0.25, -0.2) is 0 Å². The van der Waals surface area contributed by atoms with Crippen LogP contribution in [0.3, 0.4) is 0 Å². The first-order valence-corrected chi connectivity index (χ1v) is 7.14. The highest BCUT2D eigenvalue weighted by Crippen LogP contribution is 2.34. The lowest BCUT2D eigenvalue weighted by Crippen LogP contribution is -2.13. The third-order valence-electron chi connectivity index (χ3n) is 3.56. The molecule has 1 nitrogen and oxygen atoms in total. The second kappa shape index (κ2) is 5.17. The minimum Gasteiger partial charge on any atom is -0.358 e. The van der Waals surface area contributed by atoms with Gasteiger partial charge in [0.25, 0.3) is 0 Å². The number of H-pyrrole nitrogens is 1. The number of benzene rings is 1. The van der Waals surface area contributed by atoms with Crippen LogP contribution in [0, 0.1) is 0 Å². The number of aromatic amines is 1. The van der Waals surface area contributed by atoms with E-state index >= 15 is 0 Å². The van der Waals surface area contributed by atoms with Crippen LogP contribution in [-0.2, 0) is 11.8 Å². The normalized spacial score (nSPS) is 12.2. The minimum atomic E-state index is 0.209. The number of rotatable bonds is 4. The lowest BCUT2D eigenvalue weighted by molar-refractivity contribution is 0.582. The Morgan fingerprint density at radius 2 is 1.78 bits per heavy atom. The number of hydrogen-bond donors (Lipinski definition) is 1. The van der Waals surface area contributed by atoms with Crippen LogP contribution in [0.25, 0.3) is 10.9 Å². The monoisotopic (exact) mass is 243 g/mol. The predicted molar refractivity (Wildman–Crippen MR) is 80.2 cm³/mol. The number of unbranched alkanes of at least 4 members (excludes halogenated alkanes) is 2. The molecule has 1 aromatic heterocycles. The van der Waals surface area contributed by atoms with E-state index in [9.17, 15) is 0 Å². The molecule has 1 heterocycles. The number of para-hydroxylation sites is 1. The highest BCUT2D eigenvalue weighted by atomic mass is 14.7. The Balaban J connectivity index is 2.44. The van der Waals surface area contributed by atoms with Crippen LogP contribution in [0.1, 0.15) is 58.2 Å². The fourth-order valence-corrected chi connectivity index (χ4v) is 2.79. The molecule has 0 spiro atoms. The number of aryl methyl sites for hydroxylation is 1. The van der Waals surface area contributed by atoms with Crippen LogP contribution in [0.2, 0.25) is 0 Å². The smallest absolute Gasteiger partial charge is 0.0459 e. The van der Waals surface area contributed by atoms with E-state index in [0.717, 1.165) is 0 Å². The third-order valence-corrected chi connectivity index (χ3v) is 3.56. The Bertz CT molecular complexity index is 514. The molecule has 1 aromatic carbocycles. The number of aromatic nitrogens is 1. The van der Waals surface area contributed by atoms with Gasteiger partial charge < -0.3 is 4.98 Å². The van der Waals surface area contributed by atoms with Crippen LogP contribution >= 0.6 is 0 Å². The van der Waals surface area contributed by atoms with Gasteiger partial charge in [0.15, 0.2) is 0 Å². The maximum Gasteiger partial charge on any atom is 0.0459 e. The minimum absolute atomic E-state index is 0.209. The van der Waals surface area contributed by atoms with Gasteiger partial charge in [0, 0.05) is 16.6 Å². The summed E-state index contributed by atoms with van der Waals surface area (Å²) < 4.78 is 0. The zero-order valence-corrected chi connectivity index (χ0v) is 12.1. The molecule has 0 atom stereocenters. The molecule has 0 aliphatic heterocycles. The lowest BCUT2D eigenvalue weighted by Gasteiger charge is -2.20. The Kier molecular flexibility index (Phi) is 3.79. The molecule has 1 N–H and O–H groups in total. The van der Waals surface area contributed by atoms with Crippen molar-refractivity contribution in [2.75, 3.05) is 0 Å². The van der Waals surface area contributed by atoms with Gasteiger partial charge in [-0.05, 0) is 29.9 Å². The van der Waals surface area contributed by atoms with Crippen molar-refractivity contribution in [3.05, 3.63) is 35.5 Å². The molecule has 2 aromatic rings. The van der Waals surface area contributed by atoms with Crippen molar-refractivity contribution in [3.8, 4) is 0 Å². The molecule has 0 bridgehead atoms. The molecule has 0 saturated heterocycles. The van der Waals surface area contributed by atoms with E-state index in [0.29, 0.717) is 0 Å². The fraction of sp³-hybridized carbons (Fsp3) is 0.529. The molecule has 0 fully saturated rings. The van der Waals surface area contributed by atoms with Crippen molar-refractivity contribution < 1.29 is 0 Å². The van der Waals surface area contributed by atoms with E-state index in [1.54, 1.807) is 0 Å². The summed E-state index contributed by atoms with van der Waals surface area (Å²) in [6, 6.07) is 8.69. The topological polar surface area (TPSA) is 15.8 Å². The van der Waals surface area contributed by atoms with Crippen LogP contribution in [0.15, 0.2) is 24.3 Å². The molecule has 98 valence electrons. The second-order valence-corrected chi connectivity index (χ2v) is 6.23. The quantitative estimate of drug-likeness (QED) is 0.710. The molecule has 0 unspecified atom stereocenters. The molecular weight excluding hydrogens is 218 g/mol. The van der Waals surface area contributed by atoms with Crippen LogP contribution in [-0.4, -0.2) is 4.98 Å². The van der Waals surface area contributed by atoms with Gasteiger partial charge in [-0.1, -0.05) is 58.7 Å². The Hall–Kier alpha value is -1.24. The van der Waals surface area contributed by atoms with Crippen molar-refractivity contribution in [2.45, 2.75) is 58.8 Å². The lowest BCUT2D eigenvalue weighted by atomic mass is 9.84. The average Bonchev–Trinajstić information content (AvgIpc) is 2.67. The van der Waals surface area contributed by atoms with Crippen molar-refractivity contribution >= 4 is 10.9 Å². The first-order valence-electron chi connectivity index (χ1n) is 7.14. The van der Waals surface area contributed by atoms with Crippen molar-refractivity contribution in [1.82, 2.24) is 4.98 Å². The summed E-state index contributed by atoms with van der Waals surface area (Å²) in [5.41, 5.74) is 4.45. The van der Waals surface area contributed by atoms with Gasteiger partial charge in [-0.3, -0.25) is 0 Å². The van der Waals surface area contributed by atoms with Gasteiger partial charge in [-0.15, -0.1) is 0 Å². The van der Waals surface area contributed by atoms with E-state index < -0.39 is 0 Å². The summed E-state index contributed by atoms with van der Waals surface area (Å²) in [7, 11) is 0. The zero-order chi connectivity index (χ0) is 13.2. The molecule has 0 saturated carbocycles. The van der Waals surface area contributed by atoms with E-state index in [2.05, 4.69) is 56.9 Å². The molecule has 2 rings (SSSR count). The molecule has 18 heavy (non-hydrogen) atoms. The predicted octanol–water partition coefficient (Wildman–Crippen LogP) is 5.20. The maximum absolute atomic E-state index is 3.63. The van der Waals surface area contributed by atoms with Gasteiger partial charge in [-0.2, -0.15) is 0 Å². The van der Waals surface area contributed by atoms with Crippen molar-refractivity contribution in [2.24, 2.45) is 0 Å². The van der Waals surface area contributed by atoms with Crippen molar-refractivity contribution in [1.29, 1.82) is 0 Å². The number of hydrogen-bond acceptors (Lipinski definition) is 0.